The molecule has 0 aromatic carbocycles. The van der Waals surface area contributed by atoms with Gasteiger partial charge in [-0.3, -0.25) is 4.79 Å². The fourth-order valence-corrected chi connectivity index (χ4v) is 1.84. The molecule has 2 bridgehead atoms. The van der Waals surface area contributed by atoms with Crippen LogP contribution in [0.5, 0.6) is 0 Å². The third-order valence-electron chi connectivity index (χ3n) is 2.35. The molecule has 0 spiro atoms. The van der Waals surface area contributed by atoms with Crippen molar-refractivity contribution in [3.05, 3.63) is 18.6 Å². The fraction of sp³-hybridized carbons (Fsp3) is 0.500. The molecule has 2 aliphatic rings. The smallest absolute Gasteiger partial charge is 0.276 e. The molecule has 3 heteroatoms. The summed E-state index contributed by atoms with van der Waals surface area (Å²) >= 11 is 0. The van der Waals surface area contributed by atoms with Crippen molar-refractivity contribution in [1.82, 2.24) is 0 Å². The number of aliphatic carboxylic acids is 1. The Morgan fingerprint density at radius 1 is 1.55 bits per heavy atom. The molecule has 0 aromatic heterocycles. The zero-order valence-electron chi connectivity index (χ0n) is 5.86. The van der Waals surface area contributed by atoms with Crippen LogP contribution >= 0.6 is 0 Å². The average Bonchev–Trinajstić information content (AvgIpc) is 2.44. The van der Waals surface area contributed by atoms with E-state index in [4.69, 9.17) is 5.11 Å². The summed E-state index contributed by atoms with van der Waals surface area (Å²) in [6, 6.07) is 0. The monoisotopic (exact) mass is 196 g/mol. The fourth-order valence-electron chi connectivity index (χ4n) is 1.84. The van der Waals surface area contributed by atoms with Crippen molar-refractivity contribution < 1.29 is 26.7 Å². The minimum atomic E-state index is -0.670. The van der Waals surface area contributed by atoms with Crippen LogP contribution in [0.15, 0.2) is 12.2 Å². The van der Waals surface area contributed by atoms with Crippen LogP contribution in [-0.4, -0.2) is 11.1 Å². The first-order valence-corrected chi connectivity index (χ1v) is 3.53. The van der Waals surface area contributed by atoms with Crippen LogP contribution in [0.4, 0.5) is 0 Å². The van der Waals surface area contributed by atoms with Crippen LogP contribution < -0.4 is 0 Å². The molecule has 2 aliphatic carbocycles. The molecule has 0 heterocycles. The Balaban J connectivity index is 0.000000605. The topological polar surface area (TPSA) is 37.3 Å². The molecule has 2 unspecified atom stereocenters. The van der Waals surface area contributed by atoms with Gasteiger partial charge in [0.1, 0.15) is 0 Å². The summed E-state index contributed by atoms with van der Waals surface area (Å²) in [6.07, 6.45) is 7.09. The summed E-state index contributed by atoms with van der Waals surface area (Å²) in [5.41, 5.74) is 0. The maximum Gasteiger partial charge on any atom is 0.276 e. The Bertz CT molecular complexity index is 200. The number of carboxylic acids is 1. The summed E-state index contributed by atoms with van der Waals surface area (Å²) in [5.74, 6) is -0.125. The number of carbonyl (C=O) groups is 1. The van der Waals surface area contributed by atoms with Gasteiger partial charge < -0.3 is 11.5 Å². The number of carboxylic acid groups (broad SMARTS) is 1. The van der Waals surface area contributed by atoms with Crippen LogP contribution in [0.3, 0.4) is 0 Å². The van der Waals surface area contributed by atoms with Gasteiger partial charge in [0.2, 0.25) is 0 Å². The maximum atomic E-state index is 10.5. The molecule has 63 valence electrons. The molecular formula is C8H9CoO2-. The zero-order valence-corrected chi connectivity index (χ0v) is 6.90. The van der Waals surface area contributed by atoms with Crippen LogP contribution in [-0.2, 0) is 21.6 Å². The number of hydrogen-bond acceptors (Lipinski definition) is 1. The molecule has 1 saturated carbocycles. The van der Waals surface area contributed by atoms with Gasteiger partial charge in [-0.05, 0) is 5.92 Å². The maximum absolute atomic E-state index is 10.5. The Hall–Kier alpha value is -0.284. The van der Waals surface area contributed by atoms with E-state index < -0.39 is 5.97 Å². The minimum absolute atomic E-state index is 0. The number of rotatable bonds is 1. The third-order valence-corrected chi connectivity index (χ3v) is 2.35. The van der Waals surface area contributed by atoms with Crippen molar-refractivity contribution in [3.63, 3.8) is 0 Å². The Labute approximate surface area is 75.9 Å². The molecule has 2 rings (SSSR count). The van der Waals surface area contributed by atoms with E-state index >= 15 is 0 Å². The average molecular weight is 196 g/mol. The van der Waals surface area contributed by atoms with Crippen molar-refractivity contribution in [2.75, 3.05) is 0 Å². The van der Waals surface area contributed by atoms with Gasteiger partial charge in [-0.15, -0.1) is 12.0 Å². The molecule has 0 amide bonds. The van der Waals surface area contributed by atoms with Gasteiger partial charge in [0, 0.05) is 16.8 Å². The van der Waals surface area contributed by atoms with Crippen molar-refractivity contribution in [3.8, 4) is 0 Å². The van der Waals surface area contributed by atoms with Gasteiger partial charge in [-0.25, -0.2) is 0 Å². The van der Waals surface area contributed by atoms with E-state index in [1.807, 2.05) is 12.5 Å². The molecule has 11 heavy (non-hydrogen) atoms. The molecule has 0 aliphatic heterocycles. The van der Waals surface area contributed by atoms with Gasteiger partial charge in [-0.1, -0.05) is 18.4 Å². The quantitative estimate of drug-likeness (QED) is 0.503. The number of fused-ring (bicyclic) bond motifs is 2. The van der Waals surface area contributed by atoms with Crippen LogP contribution in [0.1, 0.15) is 6.42 Å². The van der Waals surface area contributed by atoms with E-state index in [1.165, 1.54) is 0 Å². The first kappa shape index (κ1) is 8.81. The molecule has 3 atom stereocenters. The standard InChI is InChI=1S/C8H9O2.Co/c9-8(10)7-4-5-1-2-6(7)3-5;/h1-2,4-7H,3H2,(H,9,10);/q-1;/t5?,6?,7-;/m0./s1. The second kappa shape index (κ2) is 2.99. The van der Waals surface area contributed by atoms with Crippen LogP contribution in [0.2, 0.25) is 0 Å². The van der Waals surface area contributed by atoms with E-state index in [0.29, 0.717) is 11.8 Å². The predicted octanol–water partition coefficient (Wildman–Crippen LogP) is 1.09. The number of hydrogen-bond donors (Lipinski definition) is 1. The van der Waals surface area contributed by atoms with Crippen molar-refractivity contribution >= 4 is 5.97 Å². The first-order chi connectivity index (χ1) is 4.77. The molecule has 1 fully saturated rings. The second-order valence-electron chi connectivity index (χ2n) is 3.00. The normalized spacial score (nSPS) is 38.7. The Morgan fingerprint density at radius 2 is 2.27 bits per heavy atom. The largest absolute Gasteiger partial charge is 0.483 e. The van der Waals surface area contributed by atoms with E-state index in [0.717, 1.165) is 6.42 Å². The van der Waals surface area contributed by atoms with Crippen molar-refractivity contribution in [1.29, 1.82) is 0 Å². The summed E-state index contributed by atoms with van der Waals surface area (Å²) < 4.78 is 0. The van der Waals surface area contributed by atoms with E-state index in [9.17, 15) is 4.79 Å². The van der Waals surface area contributed by atoms with Crippen LogP contribution in [0.25, 0.3) is 0 Å². The predicted molar refractivity (Wildman–Crippen MR) is 36.2 cm³/mol. The Kier molecular flexibility index (Phi) is 2.39. The van der Waals surface area contributed by atoms with Gasteiger partial charge in [0.15, 0.2) is 0 Å². The van der Waals surface area contributed by atoms with E-state index in [2.05, 4.69) is 6.08 Å². The summed E-state index contributed by atoms with van der Waals surface area (Å²) in [7, 11) is 0. The van der Waals surface area contributed by atoms with Gasteiger partial charge in [0.05, 0.1) is 0 Å². The second-order valence-corrected chi connectivity index (χ2v) is 3.00. The molecule has 0 saturated heterocycles. The van der Waals surface area contributed by atoms with Gasteiger partial charge >= 0.3 is 0 Å². The summed E-state index contributed by atoms with van der Waals surface area (Å²) in [4.78, 5) is 10.5. The summed E-state index contributed by atoms with van der Waals surface area (Å²) in [6.45, 7) is 0. The van der Waals surface area contributed by atoms with Crippen LogP contribution in [0, 0.1) is 24.2 Å². The third kappa shape index (κ3) is 1.35. The molecular weight excluding hydrogens is 187 g/mol. The summed E-state index contributed by atoms with van der Waals surface area (Å²) in [5, 5.41) is 8.67. The first-order valence-electron chi connectivity index (χ1n) is 3.53. The van der Waals surface area contributed by atoms with E-state index in [1.54, 1.807) is 0 Å². The molecule has 1 N–H and O–H groups in total. The number of allylic oxidation sites excluding steroid dienone is 2. The van der Waals surface area contributed by atoms with E-state index in [-0.39, 0.29) is 22.7 Å². The minimum Gasteiger partial charge on any atom is -0.483 e. The SMILES string of the molecule is O=C(O)[C@H]1[CH-]C2C=CC1C2.[Co]. The van der Waals surface area contributed by atoms with Crippen molar-refractivity contribution in [2.24, 2.45) is 17.8 Å². The molecule has 2 nitrogen and oxygen atoms in total. The van der Waals surface area contributed by atoms with Gasteiger partial charge in [0.25, 0.3) is 5.97 Å². The van der Waals surface area contributed by atoms with Crippen molar-refractivity contribution in [2.45, 2.75) is 6.42 Å². The zero-order chi connectivity index (χ0) is 7.14. The molecule has 1 radical (unpaired) electrons. The Morgan fingerprint density at radius 3 is 2.55 bits per heavy atom. The van der Waals surface area contributed by atoms with Gasteiger partial charge in [-0.2, -0.15) is 0 Å². The molecule has 0 aromatic rings.